The summed E-state index contributed by atoms with van der Waals surface area (Å²) < 4.78 is 0. The number of piperidine rings is 1. The molecule has 2 fully saturated rings. The van der Waals surface area contributed by atoms with Crippen molar-refractivity contribution in [3.05, 3.63) is 5.82 Å². The average Bonchev–Trinajstić information content (AvgIpc) is 2.83. The molecule has 3 N–H and O–H groups in total. The van der Waals surface area contributed by atoms with Gasteiger partial charge in [-0.3, -0.25) is 5.10 Å². The average molecular weight is 277 g/mol. The zero-order chi connectivity index (χ0) is 13.8. The molecule has 0 radical (unpaired) electrons. The van der Waals surface area contributed by atoms with Gasteiger partial charge in [-0.2, -0.15) is 4.98 Å². The first-order valence-electron chi connectivity index (χ1n) is 8.24. The summed E-state index contributed by atoms with van der Waals surface area (Å²) in [6.45, 7) is 2.91. The van der Waals surface area contributed by atoms with Crippen molar-refractivity contribution in [2.24, 2.45) is 11.7 Å². The van der Waals surface area contributed by atoms with Crippen LogP contribution in [0.15, 0.2) is 0 Å². The standard InChI is InChI=1S/C15H27N5/c16-11-12-7-9-20(10-8-12)15-17-14(18-19-15)13-5-3-1-2-4-6-13/h12-13H,1-11,16H2,(H,17,18,19). The van der Waals surface area contributed by atoms with E-state index in [-0.39, 0.29) is 0 Å². The molecular formula is C15H27N5. The molecular weight excluding hydrogens is 250 g/mol. The second-order valence-electron chi connectivity index (χ2n) is 6.38. The number of hydrogen-bond acceptors (Lipinski definition) is 4. The Morgan fingerprint density at radius 2 is 1.75 bits per heavy atom. The molecule has 0 aromatic carbocycles. The van der Waals surface area contributed by atoms with Crippen LogP contribution in [0.25, 0.3) is 0 Å². The summed E-state index contributed by atoms with van der Waals surface area (Å²) in [6, 6.07) is 0. The summed E-state index contributed by atoms with van der Waals surface area (Å²) in [5, 5.41) is 7.65. The summed E-state index contributed by atoms with van der Waals surface area (Å²) in [7, 11) is 0. The third-order valence-corrected chi connectivity index (χ3v) is 4.96. The van der Waals surface area contributed by atoms with Gasteiger partial charge in [0.2, 0.25) is 5.95 Å². The van der Waals surface area contributed by atoms with Crippen molar-refractivity contribution < 1.29 is 0 Å². The molecule has 0 spiro atoms. The van der Waals surface area contributed by atoms with Gasteiger partial charge < -0.3 is 10.6 Å². The lowest BCUT2D eigenvalue weighted by molar-refractivity contribution is 0.411. The van der Waals surface area contributed by atoms with E-state index in [1.54, 1.807) is 0 Å². The third-order valence-electron chi connectivity index (χ3n) is 4.96. The highest BCUT2D eigenvalue weighted by Gasteiger charge is 2.23. The Labute approximate surface area is 121 Å². The Bertz CT molecular complexity index is 400. The van der Waals surface area contributed by atoms with Crippen LogP contribution < -0.4 is 10.6 Å². The monoisotopic (exact) mass is 277 g/mol. The normalized spacial score (nSPS) is 22.9. The van der Waals surface area contributed by atoms with Gasteiger partial charge in [-0.15, -0.1) is 5.10 Å². The number of H-pyrrole nitrogens is 1. The predicted molar refractivity (Wildman–Crippen MR) is 80.8 cm³/mol. The molecule has 5 nitrogen and oxygen atoms in total. The molecule has 2 heterocycles. The molecule has 0 unspecified atom stereocenters. The summed E-state index contributed by atoms with van der Waals surface area (Å²) in [6.07, 6.45) is 10.3. The Hall–Kier alpha value is -1.10. The minimum atomic E-state index is 0.598. The molecule has 20 heavy (non-hydrogen) atoms. The molecule has 0 bridgehead atoms. The molecule has 0 amide bonds. The maximum Gasteiger partial charge on any atom is 0.244 e. The van der Waals surface area contributed by atoms with Crippen LogP contribution >= 0.6 is 0 Å². The van der Waals surface area contributed by atoms with E-state index in [0.29, 0.717) is 11.8 Å². The second-order valence-corrected chi connectivity index (χ2v) is 6.38. The van der Waals surface area contributed by atoms with E-state index in [0.717, 1.165) is 31.4 Å². The molecule has 1 saturated carbocycles. The van der Waals surface area contributed by atoms with Crippen molar-refractivity contribution in [2.45, 2.75) is 57.3 Å². The Morgan fingerprint density at radius 3 is 2.40 bits per heavy atom. The fourth-order valence-electron chi connectivity index (χ4n) is 3.51. The quantitative estimate of drug-likeness (QED) is 0.832. The maximum atomic E-state index is 5.75. The van der Waals surface area contributed by atoms with Gasteiger partial charge in [0.15, 0.2) is 0 Å². The van der Waals surface area contributed by atoms with Gasteiger partial charge >= 0.3 is 0 Å². The molecule has 1 aliphatic heterocycles. The lowest BCUT2D eigenvalue weighted by Crippen LogP contribution is -2.36. The van der Waals surface area contributed by atoms with E-state index in [4.69, 9.17) is 10.7 Å². The second kappa shape index (κ2) is 6.57. The highest BCUT2D eigenvalue weighted by molar-refractivity contribution is 5.29. The van der Waals surface area contributed by atoms with Crippen molar-refractivity contribution in [3.8, 4) is 0 Å². The molecule has 1 aromatic heterocycles. The van der Waals surface area contributed by atoms with Gasteiger partial charge in [0, 0.05) is 19.0 Å². The Morgan fingerprint density at radius 1 is 1.05 bits per heavy atom. The lowest BCUT2D eigenvalue weighted by atomic mass is 9.97. The van der Waals surface area contributed by atoms with Crippen molar-refractivity contribution in [3.63, 3.8) is 0 Å². The van der Waals surface area contributed by atoms with Crippen molar-refractivity contribution in [1.29, 1.82) is 0 Å². The first-order chi connectivity index (χ1) is 9.86. The predicted octanol–water partition coefficient (Wildman–Crippen LogP) is 2.42. The molecule has 1 saturated heterocycles. The fraction of sp³-hybridized carbons (Fsp3) is 0.867. The minimum Gasteiger partial charge on any atom is -0.340 e. The molecule has 1 aromatic rings. The van der Waals surface area contributed by atoms with E-state index in [9.17, 15) is 0 Å². The van der Waals surface area contributed by atoms with E-state index in [2.05, 4.69) is 15.1 Å². The van der Waals surface area contributed by atoms with E-state index in [1.807, 2.05) is 0 Å². The van der Waals surface area contributed by atoms with Crippen molar-refractivity contribution >= 4 is 5.95 Å². The molecule has 1 aliphatic carbocycles. The smallest absolute Gasteiger partial charge is 0.244 e. The summed E-state index contributed by atoms with van der Waals surface area (Å²) in [5.41, 5.74) is 5.75. The van der Waals surface area contributed by atoms with Crippen LogP contribution in [0.5, 0.6) is 0 Å². The lowest BCUT2D eigenvalue weighted by Gasteiger charge is -2.30. The molecule has 112 valence electrons. The van der Waals surface area contributed by atoms with Crippen LogP contribution in [-0.2, 0) is 0 Å². The van der Waals surface area contributed by atoms with Gasteiger partial charge in [-0.1, -0.05) is 25.7 Å². The van der Waals surface area contributed by atoms with E-state index < -0.39 is 0 Å². The number of aromatic nitrogens is 3. The fourth-order valence-corrected chi connectivity index (χ4v) is 3.51. The zero-order valence-electron chi connectivity index (χ0n) is 12.4. The van der Waals surface area contributed by atoms with Crippen molar-refractivity contribution in [1.82, 2.24) is 15.2 Å². The first kappa shape index (κ1) is 13.9. The molecule has 2 aliphatic rings. The van der Waals surface area contributed by atoms with Crippen LogP contribution in [-0.4, -0.2) is 34.8 Å². The highest BCUT2D eigenvalue weighted by atomic mass is 15.4. The topological polar surface area (TPSA) is 70.8 Å². The van der Waals surface area contributed by atoms with Gasteiger partial charge in [0.1, 0.15) is 5.82 Å². The summed E-state index contributed by atoms with van der Waals surface area (Å²) >= 11 is 0. The molecule has 0 atom stereocenters. The van der Waals surface area contributed by atoms with E-state index >= 15 is 0 Å². The summed E-state index contributed by atoms with van der Waals surface area (Å²) in [5.74, 6) is 3.30. The Balaban J connectivity index is 1.61. The van der Waals surface area contributed by atoms with Gasteiger partial charge in [0.05, 0.1) is 0 Å². The number of rotatable bonds is 3. The molecule has 3 rings (SSSR count). The zero-order valence-corrected chi connectivity index (χ0v) is 12.4. The van der Waals surface area contributed by atoms with Crippen molar-refractivity contribution in [2.75, 3.05) is 24.5 Å². The largest absolute Gasteiger partial charge is 0.340 e. The van der Waals surface area contributed by atoms with Gasteiger partial charge in [-0.05, 0) is 38.1 Å². The van der Waals surface area contributed by atoms with E-state index in [1.165, 1.54) is 51.4 Å². The Kier molecular flexibility index (Phi) is 4.55. The number of anilines is 1. The van der Waals surface area contributed by atoms with Crippen LogP contribution in [0.2, 0.25) is 0 Å². The number of nitrogens with two attached hydrogens (primary N) is 1. The van der Waals surface area contributed by atoms with Crippen LogP contribution in [0.4, 0.5) is 5.95 Å². The maximum absolute atomic E-state index is 5.75. The molecule has 5 heteroatoms. The summed E-state index contributed by atoms with van der Waals surface area (Å²) in [4.78, 5) is 7.09. The van der Waals surface area contributed by atoms with Gasteiger partial charge in [-0.25, -0.2) is 0 Å². The third kappa shape index (κ3) is 3.14. The van der Waals surface area contributed by atoms with Gasteiger partial charge in [0.25, 0.3) is 0 Å². The highest BCUT2D eigenvalue weighted by Crippen LogP contribution is 2.30. The van der Waals surface area contributed by atoms with Crippen LogP contribution in [0, 0.1) is 5.92 Å². The van der Waals surface area contributed by atoms with Crippen LogP contribution in [0.3, 0.4) is 0 Å². The first-order valence-corrected chi connectivity index (χ1v) is 8.24. The number of aromatic amines is 1. The number of nitrogens with zero attached hydrogens (tertiary/aromatic N) is 3. The minimum absolute atomic E-state index is 0.598. The van der Waals surface area contributed by atoms with Crippen LogP contribution in [0.1, 0.15) is 63.1 Å². The SMILES string of the molecule is NCC1CCN(c2n[nH]c(C3CCCCCC3)n2)CC1. The number of hydrogen-bond donors (Lipinski definition) is 2. The number of nitrogens with one attached hydrogen (secondary N) is 1.